The average molecular weight is 218 g/mol. The average Bonchev–Trinajstić information content (AvgIpc) is 2.26. The van der Waals surface area contributed by atoms with Gasteiger partial charge in [-0.05, 0) is 37.0 Å². The van der Waals surface area contributed by atoms with Crippen LogP contribution in [0.2, 0.25) is 0 Å². The first-order valence-electron chi connectivity index (χ1n) is 6.03. The lowest BCUT2D eigenvalue weighted by molar-refractivity contribution is 0.140. The molecule has 0 bridgehead atoms. The molecule has 1 saturated carbocycles. The molecule has 16 heavy (non-hydrogen) atoms. The number of rotatable bonds is 2. The second kappa shape index (κ2) is 4.89. The van der Waals surface area contributed by atoms with E-state index in [4.69, 9.17) is 6.42 Å². The van der Waals surface area contributed by atoms with Gasteiger partial charge in [0.15, 0.2) is 0 Å². The van der Waals surface area contributed by atoms with Crippen molar-refractivity contribution in [1.82, 2.24) is 5.32 Å². The molecule has 1 aliphatic carbocycles. The molecule has 88 valence electrons. The monoisotopic (exact) mass is 218 g/mol. The Kier molecular flexibility index (Phi) is 4.00. The summed E-state index contributed by atoms with van der Waals surface area (Å²) < 4.78 is 0. The Balaban J connectivity index is 2.59. The summed E-state index contributed by atoms with van der Waals surface area (Å²) in [7, 11) is 0. The quantitative estimate of drug-likeness (QED) is 0.723. The van der Waals surface area contributed by atoms with Gasteiger partial charge in [-0.15, -0.1) is 6.42 Å². The van der Waals surface area contributed by atoms with E-state index in [2.05, 4.69) is 38.1 Å². The SMILES string of the molecule is C#CCNC1(C#N)CCC(C(C)(C)C)CC1. The van der Waals surface area contributed by atoms with E-state index in [-0.39, 0.29) is 5.54 Å². The summed E-state index contributed by atoms with van der Waals surface area (Å²) in [6.07, 6.45) is 9.32. The van der Waals surface area contributed by atoms with E-state index < -0.39 is 0 Å². The first-order chi connectivity index (χ1) is 7.43. The van der Waals surface area contributed by atoms with Crippen LogP contribution >= 0.6 is 0 Å². The third-order valence-corrected chi connectivity index (χ3v) is 3.81. The number of nitriles is 1. The fourth-order valence-electron chi connectivity index (χ4n) is 2.52. The summed E-state index contributed by atoms with van der Waals surface area (Å²) in [6.45, 7) is 7.34. The molecular weight excluding hydrogens is 196 g/mol. The highest BCUT2D eigenvalue weighted by atomic mass is 15.0. The van der Waals surface area contributed by atoms with Crippen LogP contribution in [0.1, 0.15) is 46.5 Å². The third kappa shape index (κ3) is 3.00. The molecule has 0 spiro atoms. The van der Waals surface area contributed by atoms with Gasteiger partial charge in [0.2, 0.25) is 0 Å². The fraction of sp³-hybridized carbons (Fsp3) is 0.786. The molecule has 0 heterocycles. The maximum absolute atomic E-state index is 9.28. The predicted octanol–water partition coefficient (Wildman–Crippen LogP) is 2.71. The van der Waals surface area contributed by atoms with Crippen molar-refractivity contribution < 1.29 is 0 Å². The van der Waals surface area contributed by atoms with Gasteiger partial charge in [0, 0.05) is 0 Å². The van der Waals surface area contributed by atoms with Crippen LogP contribution < -0.4 is 5.32 Å². The van der Waals surface area contributed by atoms with E-state index >= 15 is 0 Å². The summed E-state index contributed by atoms with van der Waals surface area (Å²) in [4.78, 5) is 0. The number of nitrogens with one attached hydrogen (secondary N) is 1. The van der Waals surface area contributed by atoms with Crippen LogP contribution in [-0.4, -0.2) is 12.1 Å². The molecular formula is C14H22N2. The summed E-state index contributed by atoms with van der Waals surface area (Å²) in [6, 6.07) is 2.42. The van der Waals surface area contributed by atoms with Crippen molar-refractivity contribution in [1.29, 1.82) is 5.26 Å². The summed E-state index contributed by atoms with van der Waals surface area (Å²) in [5.41, 5.74) is -0.0121. The van der Waals surface area contributed by atoms with Gasteiger partial charge in [0.1, 0.15) is 5.54 Å². The molecule has 1 fully saturated rings. The van der Waals surface area contributed by atoms with Crippen LogP contribution in [0.3, 0.4) is 0 Å². The van der Waals surface area contributed by atoms with Gasteiger partial charge in [0.05, 0.1) is 12.6 Å². The number of terminal acetylenes is 1. The molecule has 0 unspecified atom stereocenters. The van der Waals surface area contributed by atoms with Crippen LogP contribution in [0.15, 0.2) is 0 Å². The summed E-state index contributed by atoms with van der Waals surface area (Å²) in [5, 5.41) is 12.5. The molecule has 0 radical (unpaired) electrons. The topological polar surface area (TPSA) is 35.8 Å². The molecule has 1 rings (SSSR count). The third-order valence-electron chi connectivity index (χ3n) is 3.81. The van der Waals surface area contributed by atoms with Crippen molar-refractivity contribution in [3.8, 4) is 18.4 Å². The number of hydrogen-bond acceptors (Lipinski definition) is 2. The van der Waals surface area contributed by atoms with Crippen LogP contribution in [0, 0.1) is 35.0 Å². The Morgan fingerprint density at radius 2 is 1.94 bits per heavy atom. The Labute approximate surface area is 99.4 Å². The highest BCUT2D eigenvalue weighted by molar-refractivity contribution is 5.11. The molecule has 1 aliphatic rings. The van der Waals surface area contributed by atoms with Crippen molar-refractivity contribution in [2.75, 3.05) is 6.54 Å². The van der Waals surface area contributed by atoms with Gasteiger partial charge < -0.3 is 0 Å². The van der Waals surface area contributed by atoms with E-state index in [9.17, 15) is 5.26 Å². The van der Waals surface area contributed by atoms with Crippen LogP contribution in [0.25, 0.3) is 0 Å². The first-order valence-corrected chi connectivity index (χ1v) is 6.03. The second-order valence-electron chi connectivity index (χ2n) is 5.89. The smallest absolute Gasteiger partial charge is 0.107 e. The lowest BCUT2D eigenvalue weighted by Gasteiger charge is -2.40. The van der Waals surface area contributed by atoms with Crippen molar-refractivity contribution in [2.45, 2.75) is 52.0 Å². The van der Waals surface area contributed by atoms with Gasteiger partial charge in [-0.2, -0.15) is 5.26 Å². The van der Waals surface area contributed by atoms with E-state index in [1.165, 1.54) is 0 Å². The lowest BCUT2D eigenvalue weighted by Crippen LogP contribution is -2.48. The largest absolute Gasteiger partial charge is 0.288 e. The molecule has 0 aromatic rings. The number of hydrogen-bond donors (Lipinski definition) is 1. The zero-order chi connectivity index (χ0) is 12.2. The van der Waals surface area contributed by atoms with Crippen LogP contribution in [0.5, 0.6) is 0 Å². The Hall–Kier alpha value is -0.990. The Bertz CT molecular complexity index is 303. The lowest BCUT2D eigenvalue weighted by atomic mass is 9.67. The van der Waals surface area contributed by atoms with E-state index in [1.807, 2.05) is 0 Å². The van der Waals surface area contributed by atoms with Crippen molar-refractivity contribution in [3.05, 3.63) is 0 Å². The van der Waals surface area contributed by atoms with Crippen molar-refractivity contribution in [3.63, 3.8) is 0 Å². The number of nitrogens with zero attached hydrogens (tertiary/aromatic N) is 1. The van der Waals surface area contributed by atoms with Crippen LogP contribution in [0.4, 0.5) is 0 Å². The predicted molar refractivity (Wildman–Crippen MR) is 66.6 cm³/mol. The van der Waals surface area contributed by atoms with Gasteiger partial charge in [-0.1, -0.05) is 26.7 Å². The maximum Gasteiger partial charge on any atom is 0.107 e. The summed E-state index contributed by atoms with van der Waals surface area (Å²) in [5.74, 6) is 3.28. The normalized spacial score (nSPS) is 30.4. The highest BCUT2D eigenvalue weighted by Crippen LogP contribution is 2.41. The molecule has 0 atom stereocenters. The molecule has 0 saturated heterocycles. The molecule has 0 amide bonds. The zero-order valence-electron chi connectivity index (χ0n) is 10.6. The van der Waals surface area contributed by atoms with E-state index in [1.54, 1.807) is 0 Å². The van der Waals surface area contributed by atoms with Crippen molar-refractivity contribution >= 4 is 0 Å². The molecule has 0 aromatic heterocycles. The second-order valence-corrected chi connectivity index (χ2v) is 5.89. The maximum atomic E-state index is 9.28. The van der Waals surface area contributed by atoms with E-state index in [0.717, 1.165) is 31.6 Å². The summed E-state index contributed by atoms with van der Waals surface area (Å²) >= 11 is 0. The van der Waals surface area contributed by atoms with Gasteiger partial charge in [-0.25, -0.2) is 0 Å². The minimum Gasteiger partial charge on any atom is -0.288 e. The zero-order valence-corrected chi connectivity index (χ0v) is 10.6. The van der Waals surface area contributed by atoms with Gasteiger partial charge in [-0.3, -0.25) is 5.32 Å². The molecule has 0 aromatic carbocycles. The Morgan fingerprint density at radius 3 is 2.31 bits per heavy atom. The van der Waals surface area contributed by atoms with Crippen LogP contribution in [-0.2, 0) is 0 Å². The highest BCUT2D eigenvalue weighted by Gasteiger charge is 2.38. The molecule has 1 N–H and O–H groups in total. The Morgan fingerprint density at radius 1 is 1.38 bits per heavy atom. The standard InChI is InChI=1S/C14H22N2/c1-5-10-16-14(11-15)8-6-12(7-9-14)13(2,3)4/h1,12,16H,6-10H2,2-4H3. The van der Waals surface area contributed by atoms with E-state index in [0.29, 0.717) is 12.0 Å². The fourth-order valence-corrected chi connectivity index (χ4v) is 2.52. The molecule has 0 aliphatic heterocycles. The van der Waals surface area contributed by atoms with Gasteiger partial charge in [0.25, 0.3) is 0 Å². The minimum absolute atomic E-state index is 0.355. The molecule has 2 heteroatoms. The molecule has 2 nitrogen and oxygen atoms in total. The van der Waals surface area contributed by atoms with Crippen molar-refractivity contribution in [2.24, 2.45) is 11.3 Å². The minimum atomic E-state index is -0.367. The first kappa shape index (κ1) is 13.1. The van der Waals surface area contributed by atoms with Gasteiger partial charge >= 0.3 is 0 Å².